The molecule has 2 saturated heterocycles. The molecule has 3 fully saturated rings. The predicted octanol–water partition coefficient (Wildman–Crippen LogP) is 3.36. The number of guanidine groups is 1. The molecule has 5 nitrogen and oxygen atoms in total. The maximum absolute atomic E-state index is 5.52. The molecule has 0 bridgehead atoms. The van der Waals surface area contributed by atoms with Gasteiger partial charge in [-0.2, -0.15) is 0 Å². The minimum Gasteiger partial charge on any atom is -0.381 e. The highest BCUT2D eigenvalue weighted by atomic mass is 79.9. The van der Waals surface area contributed by atoms with Crippen molar-refractivity contribution in [1.29, 1.82) is 0 Å². The van der Waals surface area contributed by atoms with Crippen LogP contribution < -0.4 is 10.6 Å². The molecule has 1 aromatic carbocycles. The van der Waals surface area contributed by atoms with Gasteiger partial charge in [0.25, 0.3) is 0 Å². The van der Waals surface area contributed by atoms with E-state index >= 15 is 0 Å². The van der Waals surface area contributed by atoms with E-state index in [4.69, 9.17) is 9.73 Å². The number of likely N-dealkylation sites (tertiary alicyclic amines) is 1. The summed E-state index contributed by atoms with van der Waals surface area (Å²) in [6.45, 7) is 8.39. The lowest BCUT2D eigenvalue weighted by Crippen LogP contribution is -2.50. The lowest BCUT2D eigenvalue weighted by molar-refractivity contribution is 0.150. The van der Waals surface area contributed by atoms with Crippen molar-refractivity contribution in [3.63, 3.8) is 0 Å². The van der Waals surface area contributed by atoms with Crippen LogP contribution in [0.15, 0.2) is 33.7 Å². The van der Waals surface area contributed by atoms with Gasteiger partial charge in [-0.1, -0.05) is 28.1 Å². The predicted molar refractivity (Wildman–Crippen MR) is 118 cm³/mol. The molecule has 2 aliphatic heterocycles. The van der Waals surface area contributed by atoms with Gasteiger partial charge in [0.1, 0.15) is 0 Å². The van der Waals surface area contributed by atoms with Crippen molar-refractivity contribution >= 4 is 21.9 Å². The number of aliphatic imine (C=N–C) groups is 1. The van der Waals surface area contributed by atoms with Crippen LogP contribution in [0.4, 0.5) is 0 Å². The normalized spacial score (nSPS) is 29.1. The van der Waals surface area contributed by atoms with Crippen LogP contribution in [-0.4, -0.2) is 62.3 Å². The van der Waals surface area contributed by atoms with E-state index in [0.29, 0.717) is 18.0 Å². The Bertz CT molecular complexity index is 651. The van der Waals surface area contributed by atoms with Crippen LogP contribution in [0.2, 0.25) is 0 Å². The average molecular weight is 449 g/mol. The third kappa shape index (κ3) is 5.49. The highest BCUT2D eigenvalue weighted by molar-refractivity contribution is 9.10. The summed E-state index contributed by atoms with van der Waals surface area (Å²) in [4.78, 5) is 7.32. The van der Waals surface area contributed by atoms with Crippen LogP contribution in [0.5, 0.6) is 0 Å². The lowest BCUT2D eigenvalue weighted by atomic mass is 10.0. The van der Waals surface area contributed by atoms with Gasteiger partial charge in [0.2, 0.25) is 0 Å². The summed E-state index contributed by atoms with van der Waals surface area (Å²) in [7, 11) is 0. The Kier molecular flexibility index (Phi) is 6.91. The molecule has 3 atom stereocenters. The first-order valence-electron chi connectivity index (χ1n) is 10.8. The van der Waals surface area contributed by atoms with E-state index in [1.165, 1.54) is 50.9 Å². The van der Waals surface area contributed by atoms with Gasteiger partial charge in [0, 0.05) is 55.3 Å². The Morgan fingerprint density at radius 1 is 1.18 bits per heavy atom. The molecule has 3 unspecified atom stereocenters. The molecule has 0 amide bonds. The molecule has 4 rings (SSSR count). The fourth-order valence-corrected chi connectivity index (χ4v) is 4.71. The zero-order valence-electron chi connectivity index (χ0n) is 16.9. The van der Waals surface area contributed by atoms with Gasteiger partial charge in [-0.25, -0.2) is 0 Å². The molecule has 0 aromatic heterocycles. The minimum absolute atomic E-state index is 0.501. The maximum Gasteiger partial charge on any atom is 0.191 e. The number of piperidine rings is 1. The van der Waals surface area contributed by atoms with E-state index in [0.717, 1.165) is 36.1 Å². The SMILES string of the molecule is CCN=C(NC1CCN(CC2CCOC2)CC1)NC1CC1c1ccc(Br)cc1. The second-order valence-corrected chi connectivity index (χ2v) is 9.33. The number of nitrogens with zero attached hydrogens (tertiary/aromatic N) is 2. The summed E-state index contributed by atoms with van der Waals surface area (Å²) < 4.78 is 6.66. The molecule has 0 spiro atoms. The summed E-state index contributed by atoms with van der Waals surface area (Å²) in [5.41, 5.74) is 1.42. The van der Waals surface area contributed by atoms with E-state index in [1.54, 1.807) is 0 Å². The second-order valence-electron chi connectivity index (χ2n) is 8.42. The van der Waals surface area contributed by atoms with Crippen LogP contribution in [0.3, 0.4) is 0 Å². The maximum atomic E-state index is 5.52. The Hall–Kier alpha value is -1.11. The van der Waals surface area contributed by atoms with Gasteiger partial charge >= 0.3 is 0 Å². The zero-order valence-corrected chi connectivity index (χ0v) is 18.5. The molecule has 2 N–H and O–H groups in total. The number of nitrogens with one attached hydrogen (secondary N) is 2. The second kappa shape index (κ2) is 9.59. The van der Waals surface area contributed by atoms with Gasteiger partial charge < -0.3 is 20.3 Å². The van der Waals surface area contributed by atoms with E-state index < -0.39 is 0 Å². The smallest absolute Gasteiger partial charge is 0.191 e. The number of ether oxygens (including phenoxy) is 1. The summed E-state index contributed by atoms with van der Waals surface area (Å²) in [6.07, 6.45) is 4.81. The van der Waals surface area contributed by atoms with E-state index in [9.17, 15) is 0 Å². The highest BCUT2D eigenvalue weighted by Gasteiger charge is 2.39. The fourth-order valence-electron chi connectivity index (χ4n) is 4.45. The first-order valence-corrected chi connectivity index (χ1v) is 11.6. The van der Waals surface area contributed by atoms with Crippen LogP contribution in [-0.2, 0) is 4.74 Å². The molecular formula is C22H33BrN4O. The summed E-state index contributed by atoms with van der Waals surface area (Å²) in [6, 6.07) is 9.75. The number of hydrogen-bond acceptors (Lipinski definition) is 3. The Morgan fingerprint density at radius 2 is 1.96 bits per heavy atom. The number of hydrogen-bond donors (Lipinski definition) is 2. The van der Waals surface area contributed by atoms with E-state index in [2.05, 4.69) is 62.7 Å². The van der Waals surface area contributed by atoms with Crippen molar-refractivity contribution in [3.05, 3.63) is 34.3 Å². The minimum atomic E-state index is 0.501. The number of halogens is 1. The Morgan fingerprint density at radius 3 is 2.64 bits per heavy atom. The van der Waals surface area contributed by atoms with Crippen molar-refractivity contribution in [3.8, 4) is 0 Å². The third-order valence-corrected chi connectivity index (χ3v) is 6.72. The molecule has 1 saturated carbocycles. The van der Waals surface area contributed by atoms with Gasteiger partial charge in [-0.15, -0.1) is 0 Å². The van der Waals surface area contributed by atoms with Crippen molar-refractivity contribution in [2.75, 3.05) is 39.4 Å². The van der Waals surface area contributed by atoms with Crippen molar-refractivity contribution in [2.24, 2.45) is 10.9 Å². The standard InChI is InChI=1S/C22H33BrN4O/c1-2-24-22(26-21-13-20(21)17-3-5-18(23)6-4-17)25-19-7-10-27(11-8-19)14-16-9-12-28-15-16/h3-6,16,19-21H,2,7-15H2,1H3,(H2,24,25,26). The largest absolute Gasteiger partial charge is 0.381 e. The first kappa shape index (κ1) is 20.2. The van der Waals surface area contributed by atoms with Crippen LogP contribution in [0.25, 0.3) is 0 Å². The molecule has 6 heteroatoms. The van der Waals surface area contributed by atoms with Crippen LogP contribution in [0.1, 0.15) is 44.1 Å². The number of benzene rings is 1. The molecule has 1 aliphatic carbocycles. The lowest BCUT2D eigenvalue weighted by Gasteiger charge is -2.34. The van der Waals surface area contributed by atoms with Crippen LogP contribution >= 0.6 is 15.9 Å². The summed E-state index contributed by atoms with van der Waals surface area (Å²) >= 11 is 3.52. The van der Waals surface area contributed by atoms with Gasteiger partial charge in [-0.3, -0.25) is 4.99 Å². The Labute approximate surface area is 177 Å². The first-order chi connectivity index (χ1) is 13.7. The molecular weight excluding hydrogens is 416 g/mol. The van der Waals surface area contributed by atoms with E-state index in [1.807, 2.05) is 0 Å². The number of rotatable bonds is 6. The van der Waals surface area contributed by atoms with Crippen molar-refractivity contribution in [2.45, 2.75) is 50.6 Å². The Balaban J connectivity index is 1.22. The molecule has 154 valence electrons. The van der Waals surface area contributed by atoms with Gasteiger partial charge in [0.05, 0.1) is 6.61 Å². The van der Waals surface area contributed by atoms with E-state index in [-0.39, 0.29) is 0 Å². The van der Waals surface area contributed by atoms with Crippen molar-refractivity contribution < 1.29 is 4.74 Å². The molecule has 1 aromatic rings. The molecule has 2 heterocycles. The topological polar surface area (TPSA) is 48.9 Å². The summed E-state index contributed by atoms with van der Waals surface area (Å²) in [5.74, 6) is 2.34. The molecule has 0 radical (unpaired) electrons. The average Bonchev–Trinajstić information content (AvgIpc) is 3.26. The molecule has 28 heavy (non-hydrogen) atoms. The van der Waals surface area contributed by atoms with Crippen LogP contribution in [0, 0.1) is 5.92 Å². The van der Waals surface area contributed by atoms with Crippen molar-refractivity contribution in [1.82, 2.24) is 15.5 Å². The third-order valence-electron chi connectivity index (χ3n) is 6.20. The highest BCUT2D eigenvalue weighted by Crippen LogP contribution is 2.41. The molecule has 3 aliphatic rings. The quantitative estimate of drug-likeness (QED) is 0.517. The van der Waals surface area contributed by atoms with Gasteiger partial charge in [0.15, 0.2) is 5.96 Å². The fraction of sp³-hybridized carbons (Fsp3) is 0.682. The summed E-state index contributed by atoms with van der Waals surface area (Å²) in [5, 5.41) is 7.37. The monoisotopic (exact) mass is 448 g/mol. The zero-order chi connectivity index (χ0) is 19.3. The van der Waals surface area contributed by atoms with Gasteiger partial charge in [-0.05, 0) is 56.2 Å².